The van der Waals surface area contributed by atoms with Crippen molar-refractivity contribution in [2.24, 2.45) is 5.92 Å². The predicted octanol–water partition coefficient (Wildman–Crippen LogP) is 3.65. The van der Waals surface area contributed by atoms with Crippen molar-refractivity contribution in [3.8, 4) is 18.1 Å². The maximum Gasteiger partial charge on any atom is 0.298 e. The summed E-state index contributed by atoms with van der Waals surface area (Å²) in [6.45, 7) is 4.34. The van der Waals surface area contributed by atoms with Gasteiger partial charge < -0.3 is 14.5 Å². The number of ether oxygens (including phenoxy) is 1. The summed E-state index contributed by atoms with van der Waals surface area (Å²) in [7, 11) is 3.88. The molecule has 146 valence electrons. The third kappa shape index (κ3) is 4.14. The van der Waals surface area contributed by atoms with E-state index < -0.39 is 0 Å². The average Bonchev–Trinajstić information content (AvgIpc) is 2.70. The maximum atomic E-state index is 12.8. The van der Waals surface area contributed by atoms with Crippen LogP contribution < -0.4 is 4.74 Å². The fourth-order valence-electron chi connectivity index (χ4n) is 4.78. The molecule has 1 saturated heterocycles. The number of hydrogen-bond acceptors (Lipinski definition) is 3. The first kappa shape index (κ1) is 19.8. The van der Waals surface area contributed by atoms with Gasteiger partial charge in [-0.3, -0.25) is 4.79 Å². The molecule has 2 aliphatic rings. The standard InChI is InChI=1S/C23H32N2O2/c1-5-7-8-19-15-18-16-20(27-4)9-10-21(18)23(25(19)22(26)6-2)17-11-13-24(3)14-12-17/h2,9-10,16-17,19,23H,5,7-8,11-15H2,1,3-4H3/t19-,23?/m0/s1. The van der Waals surface area contributed by atoms with Gasteiger partial charge in [-0.1, -0.05) is 25.8 Å². The highest BCUT2D eigenvalue weighted by Crippen LogP contribution is 2.43. The molecule has 3 rings (SSSR count). The van der Waals surface area contributed by atoms with Crippen molar-refractivity contribution < 1.29 is 9.53 Å². The smallest absolute Gasteiger partial charge is 0.298 e. The van der Waals surface area contributed by atoms with Crippen LogP contribution in [0.25, 0.3) is 0 Å². The molecule has 1 amide bonds. The van der Waals surface area contributed by atoms with Crippen LogP contribution in [0.2, 0.25) is 0 Å². The largest absolute Gasteiger partial charge is 0.497 e. The molecule has 1 aromatic rings. The zero-order valence-corrected chi connectivity index (χ0v) is 16.9. The van der Waals surface area contributed by atoms with E-state index in [0.717, 1.165) is 57.4 Å². The van der Waals surface area contributed by atoms with Gasteiger partial charge >= 0.3 is 0 Å². The van der Waals surface area contributed by atoms with Crippen LogP contribution in [0.1, 0.15) is 56.2 Å². The number of hydrogen-bond donors (Lipinski definition) is 0. The summed E-state index contributed by atoms with van der Waals surface area (Å²) in [5.74, 6) is 3.62. The molecule has 0 aliphatic carbocycles. The number of terminal acetylenes is 1. The van der Waals surface area contributed by atoms with E-state index in [2.05, 4.69) is 41.8 Å². The molecule has 0 radical (unpaired) electrons. The van der Waals surface area contributed by atoms with Crippen LogP contribution in [0.3, 0.4) is 0 Å². The van der Waals surface area contributed by atoms with Crippen LogP contribution in [0.5, 0.6) is 5.75 Å². The van der Waals surface area contributed by atoms with Crippen molar-refractivity contribution in [2.45, 2.75) is 57.5 Å². The number of benzene rings is 1. The molecule has 1 aromatic carbocycles. The van der Waals surface area contributed by atoms with Gasteiger partial charge in [0.05, 0.1) is 13.2 Å². The number of carbonyl (C=O) groups excluding carboxylic acids is 1. The van der Waals surface area contributed by atoms with Gasteiger partial charge in [-0.05, 0) is 80.9 Å². The lowest BCUT2D eigenvalue weighted by Crippen LogP contribution is -2.50. The van der Waals surface area contributed by atoms with E-state index in [0.29, 0.717) is 5.92 Å². The number of piperidine rings is 1. The molecule has 0 bridgehead atoms. The molecule has 0 saturated carbocycles. The van der Waals surface area contributed by atoms with E-state index in [1.54, 1.807) is 7.11 Å². The van der Waals surface area contributed by atoms with Crippen LogP contribution >= 0.6 is 0 Å². The molecule has 1 unspecified atom stereocenters. The molecule has 2 atom stereocenters. The minimum Gasteiger partial charge on any atom is -0.497 e. The molecule has 0 aromatic heterocycles. The summed E-state index contributed by atoms with van der Waals surface area (Å²) < 4.78 is 5.47. The maximum absolute atomic E-state index is 12.8. The number of rotatable bonds is 5. The summed E-state index contributed by atoms with van der Waals surface area (Å²) in [6.07, 6.45) is 11.9. The summed E-state index contributed by atoms with van der Waals surface area (Å²) in [5.41, 5.74) is 2.59. The Balaban J connectivity index is 2.02. The second kappa shape index (κ2) is 8.80. The molecule has 2 heterocycles. The van der Waals surface area contributed by atoms with E-state index in [-0.39, 0.29) is 18.0 Å². The summed E-state index contributed by atoms with van der Waals surface area (Å²) in [6, 6.07) is 6.60. The summed E-state index contributed by atoms with van der Waals surface area (Å²) >= 11 is 0. The molecular weight excluding hydrogens is 336 g/mol. The van der Waals surface area contributed by atoms with Crippen LogP contribution in [0.4, 0.5) is 0 Å². The summed E-state index contributed by atoms with van der Waals surface area (Å²) in [5, 5.41) is 0. The summed E-state index contributed by atoms with van der Waals surface area (Å²) in [4.78, 5) is 17.3. The van der Waals surface area contributed by atoms with E-state index in [9.17, 15) is 4.79 Å². The van der Waals surface area contributed by atoms with E-state index in [1.807, 2.05) is 6.07 Å². The number of likely N-dealkylation sites (tertiary alicyclic amines) is 1. The number of carbonyl (C=O) groups is 1. The number of unbranched alkanes of at least 4 members (excludes halogenated alkanes) is 1. The highest BCUT2D eigenvalue weighted by atomic mass is 16.5. The average molecular weight is 369 g/mol. The van der Waals surface area contributed by atoms with Gasteiger partial charge in [-0.2, -0.15) is 0 Å². The number of fused-ring (bicyclic) bond motifs is 1. The molecule has 4 nitrogen and oxygen atoms in total. The third-order valence-corrected chi connectivity index (χ3v) is 6.28. The zero-order chi connectivity index (χ0) is 19.4. The lowest BCUT2D eigenvalue weighted by molar-refractivity contribution is -0.133. The molecule has 4 heteroatoms. The molecule has 0 spiro atoms. The Morgan fingerprint density at radius 1 is 1.33 bits per heavy atom. The molecule has 2 aliphatic heterocycles. The Hall–Kier alpha value is -1.99. The van der Waals surface area contributed by atoms with Gasteiger partial charge in [0.1, 0.15) is 5.75 Å². The van der Waals surface area contributed by atoms with Gasteiger partial charge in [0, 0.05) is 6.04 Å². The van der Waals surface area contributed by atoms with E-state index >= 15 is 0 Å². The Kier molecular flexibility index (Phi) is 6.44. The Morgan fingerprint density at radius 2 is 2.07 bits per heavy atom. The van der Waals surface area contributed by atoms with Crippen molar-refractivity contribution in [3.63, 3.8) is 0 Å². The van der Waals surface area contributed by atoms with Crippen LogP contribution in [0.15, 0.2) is 18.2 Å². The van der Waals surface area contributed by atoms with Gasteiger partial charge in [0.2, 0.25) is 0 Å². The fourth-order valence-corrected chi connectivity index (χ4v) is 4.78. The lowest BCUT2D eigenvalue weighted by atomic mass is 9.77. The monoisotopic (exact) mass is 368 g/mol. The quantitative estimate of drug-likeness (QED) is 0.744. The SMILES string of the molecule is C#CC(=O)N1C(C2CCN(C)CC2)c2ccc(OC)cc2C[C@@H]1CCCC. The number of nitrogens with zero attached hydrogens (tertiary/aromatic N) is 2. The van der Waals surface area contributed by atoms with E-state index in [1.165, 1.54) is 11.1 Å². The molecular formula is C23H32N2O2. The number of amides is 1. The fraction of sp³-hybridized carbons (Fsp3) is 0.609. The van der Waals surface area contributed by atoms with E-state index in [4.69, 9.17) is 11.2 Å². The molecule has 27 heavy (non-hydrogen) atoms. The van der Waals surface area contributed by atoms with Gasteiger partial charge in [0.15, 0.2) is 0 Å². The Labute approximate surface area is 163 Å². The van der Waals surface area contributed by atoms with Crippen LogP contribution in [-0.4, -0.2) is 49.0 Å². The topological polar surface area (TPSA) is 32.8 Å². The second-order valence-electron chi connectivity index (χ2n) is 8.01. The van der Waals surface area contributed by atoms with Crippen molar-refractivity contribution in [1.82, 2.24) is 9.80 Å². The minimum atomic E-state index is -0.151. The first-order valence-electron chi connectivity index (χ1n) is 10.2. The molecule has 0 N–H and O–H groups in total. The minimum absolute atomic E-state index is 0.0822. The van der Waals surface area contributed by atoms with Crippen molar-refractivity contribution in [1.29, 1.82) is 0 Å². The number of methoxy groups -OCH3 is 1. The third-order valence-electron chi connectivity index (χ3n) is 6.28. The van der Waals surface area contributed by atoms with Crippen molar-refractivity contribution in [2.75, 3.05) is 27.2 Å². The Bertz CT molecular complexity index is 701. The van der Waals surface area contributed by atoms with Gasteiger partial charge in [-0.25, -0.2) is 0 Å². The van der Waals surface area contributed by atoms with Crippen molar-refractivity contribution in [3.05, 3.63) is 29.3 Å². The molecule has 1 fully saturated rings. The van der Waals surface area contributed by atoms with Crippen LogP contribution in [-0.2, 0) is 11.2 Å². The zero-order valence-electron chi connectivity index (χ0n) is 16.9. The highest BCUT2D eigenvalue weighted by molar-refractivity contribution is 5.93. The second-order valence-corrected chi connectivity index (χ2v) is 8.01. The van der Waals surface area contributed by atoms with Crippen molar-refractivity contribution >= 4 is 5.91 Å². The lowest BCUT2D eigenvalue weighted by Gasteiger charge is -2.47. The highest BCUT2D eigenvalue weighted by Gasteiger charge is 2.41. The van der Waals surface area contributed by atoms with Gasteiger partial charge in [0.25, 0.3) is 5.91 Å². The van der Waals surface area contributed by atoms with Crippen LogP contribution in [0, 0.1) is 18.3 Å². The first-order chi connectivity index (χ1) is 13.1. The van der Waals surface area contributed by atoms with Gasteiger partial charge in [-0.15, -0.1) is 6.42 Å². The Morgan fingerprint density at radius 3 is 2.70 bits per heavy atom. The predicted molar refractivity (Wildman–Crippen MR) is 109 cm³/mol. The normalized spacial score (nSPS) is 23.6. The first-order valence-corrected chi connectivity index (χ1v) is 10.2.